The standard InChI is InChI=1S/C26H23NO2/c1-29-24-15-12-19(13-16-24)22(18-26(28)21-8-3-2-4-9-21)17-23-14-11-20-7-5-6-10-25(20)27-23/h2-16,22H,17-18H2,1H3. The molecule has 0 saturated heterocycles. The van der Waals surface area contributed by atoms with Gasteiger partial charge < -0.3 is 4.74 Å². The minimum atomic E-state index is 0.0438. The van der Waals surface area contributed by atoms with E-state index in [2.05, 4.69) is 18.2 Å². The molecule has 3 heteroatoms. The van der Waals surface area contributed by atoms with Crippen molar-refractivity contribution in [3.8, 4) is 5.75 Å². The average molecular weight is 381 g/mol. The zero-order valence-corrected chi connectivity index (χ0v) is 16.4. The van der Waals surface area contributed by atoms with E-state index in [0.717, 1.165) is 33.5 Å². The van der Waals surface area contributed by atoms with E-state index < -0.39 is 0 Å². The van der Waals surface area contributed by atoms with Gasteiger partial charge in [0.25, 0.3) is 0 Å². The quantitative estimate of drug-likeness (QED) is 0.377. The van der Waals surface area contributed by atoms with Gasteiger partial charge in [-0.2, -0.15) is 0 Å². The number of methoxy groups -OCH3 is 1. The van der Waals surface area contributed by atoms with E-state index in [1.807, 2.05) is 72.8 Å². The Hall–Kier alpha value is -3.46. The Morgan fingerprint density at radius 3 is 2.34 bits per heavy atom. The summed E-state index contributed by atoms with van der Waals surface area (Å²) in [5, 5.41) is 1.12. The second-order valence-corrected chi connectivity index (χ2v) is 7.16. The number of benzene rings is 3. The number of hydrogen-bond donors (Lipinski definition) is 0. The number of pyridine rings is 1. The van der Waals surface area contributed by atoms with E-state index in [0.29, 0.717) is 12.8 Å². The Morgan fingerprint density at radius 1 is 0.862 bits per heavy atom. The first-order valence-electron chi connectivity index (χ1n) is 9.80. The molecule has 0 aliphatic rings. The van der Waals surface area contributed by atoms with E-state index in [-0.39, 0.29) is 11.7 Å². The van der Waals surface area contributed by atoms with Gasteiger partial charge in [-0.25, -0.2) is 0 Å². The van der Waals surface area contributed by atoms with Crippen molar-refractivity contribution in [2.75, 3.05) is 7.11 Å². The van der Waals surface area contributed by atoms with Gasteiger partial charge in [-0.05, 0) is 42.2 Å². The second kappa shape index (κ2) is 8.70. The van der Waals surface area contributed by atoms with Gasteiger partial charge in [-0.3, -0.25) is 9.78 Å². The summed E-state index contributed by atoms with van der Waals surface area (Å²) in [5.74, 6) is 1.00. The first-order chi connectivity index (χ1) is 14.2. The predicted octanol–water partition coefficient (Wildman–Crippen LogP) is 5.84. The average Bonchev–Trinajstić information content (AvgIpc) is 2.79. The number of aromatic nitrogens is 1. The van der Waals surface area contributed by atoms with Crippen LogP contribution in [0.2, 0.25) is 0 Å². The maximum absolute atomic E-state index is 12.9. The molecule has 0 bridgehead atoms. The monoisotopic (exact) mass is 381 g/mol. The molecule has 0 saturated carbocycles. The molecule has 0 radical (unpaired) electrons. The summed E-state index contributed by atoms with van der Waals surface area (Å²) in [6.07, 6.45) is 1.14. The number of Topliss-reactive ketones (excluding diaryl/α,β-unsaturated/α-hetero) is 1. The van der Waals surface area contributed by atoms with Crippen LogP contribution in [0.15, 0.2) is 91.0 Å². The first-order valence-corrected chi connectivity index (χ1v) is 9.80. The lowest BCUT2D eigenvalue weighted by atomic mass is 9.87. The molecule has 144 valence electrons. The van der Waals surface area contributed by atoms with Crippen LogP contribution in [-0.4, -0.2) is 17.9 Å². The third-order valence-electron chi connectivity index (χ3n) is 5.23. The van der Waals surface area contributed by atoms with Crippen molar-refractivity contribution >= 4 is 16.7 Å². The summed E-state index contributed by atoms with van der Waals surface area (Å²) in [4.78, 5) is 17.7. The zero-order chi connectivity index (χ0) is 20.1. The molecular weight excluding hydrogens is 358 g/mol. The molecule has 4 rings (SSSR count). The van der Waals surface area contributed by atoms with Crippen molar-refractivity contribution in [3.63, 3.8) is 0 Å². The van der Waals surface area contributed by atoms with Gasteiger partial charge in [-0.1, -0.05) is 66.7 Å². The van der Waals surface area contributed by atoms with E-state index in [1.54, 1.807) is 7.11 Å². The Balaban J connectivity index is 1.63. The van der Waals surface area contributed by atoms with Gasteiger partial charge in [0, 0.05) is 23.1 Å². The maximum atomic E-state index is 12.9. The van der Waals surface area contributed by atoms with E-state index in [1.165, 1.54) is 0 Å². The molecule has 0 fully saturated rings. The van der Waals surface area contributed by atoms with Crippen molar-refractivity contribution in [2.45, 2.75) is 18.8 Å². The van der Waals surface area contributed by atoms with Gasteiger partial charge >= 0.3 is 0 Å². The largest absolute Gasteiger partial charge is 0.497 e. The third-order valence-corrected chi connectivity index (χ3v) is 5.23. The fraction of sp³-hybridized carbons (Fsp3) is 0.154. The van der Waals surface area contributed by atoms with Gasteiger partial charge in [0.1, 0.15) is 5.75 Å². The summed E-state index contributed by atoms with van der Waals surface area (Å²) in [7, 11) is 1.66. The number of nitrogens with zero attached hydrogens (tertiary/aromatic N) is 1. The molecular formula is C26H23NO2. The smallest absolute Gasteiger partial charge is 0.163 e. The van der Waals surface area contributed by atoms with Gasteiger partial charge in [0.15, 0.2) is 5.78 Å². The molecule has 1 aromatic heterocycles. The van der Waals surface area contributed by atoms with Crippen molar-refractivity contribution in [2.24, 2.45) is 0 Å². The summed E-state index contributed by atoms with van der Waals surface area (Å²) < 4.78 is 5.29. The van der Waals surface area contributed by atoms with Crippen LogP contribution in [-0.2, 0) is 6.42 Å². The summed E-state index contributed by atoms with van der Waals surface area (Å²) in [6.45, 7) is 0. The third kappa shape index (κ3) is 4.52. The fourth-order valence-electron chi connectivity index (χ4n) is 3.62. The number of carbonyl (C=O) groups is 1. The van der Waals surface area contributed by atoms with E-state index in [9.17, 15) is 4.79 Å². The van der Waals surface area contributed by atoms with Crippen molar-refractivity contribution < 1.29 is 9.53 Å². The molecule has 0 amide bonds. The SMILES string of the molecule is COc1ccc(C(CC(=O)c2ccccc2)Cc2ccc3ccccc3n2)cc1. The molecule has 29 heavy (non-hydrogen) atoms. The lowest BCUT2D eigenvalue weighted by Gasteiger charge is -2.17. The number of para-hydroxylation sites is 1. The molecule has 1 atom stereocenters. The van der Waals surface area contributed by atoms with Gasteiger partial charge in [-0.15, -0.1) is 0 Å². The Bertz CT molecular complexity index is 1100. The minimum absolute atomic E-state index is 0.0438. The summed E-state index contributed by atoms with van der Waals surface area (Å²) in [5.41, 5.74) is 3.83. The van der Waals surface area contributed by atoms with Crippen LogP contribution in [0.3, 0.4) is 0 Å². The molecule has 0 aliphatic heterocycles. The Kier molecular flexibility index (Phi) is 5.66. The second-order valence-electron chi connectivity index (χ2n) is 7.16. The highest BCUT2D eigenvalue weighted by Crippen LogP contribution is 2.28. The highest BCUT2D eigenvalue weighted by atomic mass is 16.5. The predicted molar refractivity (Wildman–Crippen MR) is 117 cm³/mol. The number of hydrogen-bond acceptors (Lipinski definition) is 3. The van der Waals surface area contributed by atoms with Crippen LogP contribution < -0.4 is 4.74 Å². The number of carbonyl (C=O) groups excluding carboxylic acids is 1. The lowest BCUT2D eigenvalue weighted by molar-refractivity contribution is 0.0973. The van der Waals surface area contributed by atoms with Crippen LogP contribution in [0.4, 0.5) is 0 Å². The normalized spacial score (nSPS) is 11.9. The fourth-order valence-corrected chi connectivity index (χ4v) is 3.62. The molecule has 3 nitrogen and oxygen atoms in total. The Morgan fingerprint density at radius 2 is 1.59 bits per heavy atom. The molecule has 1 heterocycles. The Labute approximate surface area is 171 Å². The highest BCUT2D eigenvalue weighted by molar-refractivity contribution is 5.96. The summed E-state index contributed by atoms with van der Waals surface area (Å²) >= 11 is 0. The minimum Gasteiger partial charge on any atom is -0.497 e. The number of ketones is 1. The van der Waals surface area contributed by atoms with E-state index >= 15 is 0 Å². The van der Waals surface area contributed by atoms with Crippen molar-refractivity contribution in [1.29, 1.82) is 0 Å². The topological polar surface area (TPSA) is 39.2 Å². The molecule has 0 N–H and O–H groups in total. The lowest BCUT2D eigenvalue weighted by Crippen LogP contribution is -2.11. The zero-order valence-electron chi connectivity index (χ0n) is 16.4. The van der Waals surface area contributed by atoms with Crippen molar-refractivity contribution in [3.05, 3.63) is 108 Å². The van der Waals surface area contributed by atoms with Gasteiger partial charge in [0.05, 0.1) is 12.6 Å². The highest BCUT2D eigenvalue weighted by Gasteiger charge is 2.19. The van der Waals surface area contributed by atoms with Crippen molar-refractivity contribution in [1.82, 2.24) is 4.98 Å². The number of rotatable bonds is 7. The van der Waals surface area contributed by atoms with Crippen LogP contribution in [0.5, 0.6) is 5.75 Å². The molecule has 3 aromatic carbocycles. The van der Waals surface area contributed by atoms with Gasteiger partial charge in [0.2, 0.25) is 0 Å². The van der Waals surface area contributed by atoms with Crippen LogP contribution in [0, 0.1) is 0 Å². The maximum Gasteiger partial charge on any atom is 0.163 e. The van der Waals surface area contributed by atoms with Crippen LogP contribution >= 0.6 is 0 Å². The molecule has 4 aromatic rings. The number of ether oxygens (including phenoxy) is 1. The van der Waals surface area contributed by atoms with Crippen LogP contribution in [0.25, 0.3) is 10.9 Å². The summed E-state index contributed by atoms with van der Waals surface area (Å²) in [6, 6.07) is 29.7. The molecule has 1 unspecified atom stereocenters. The van der Waals surface area contributed by atoms with Crippen LogP contribution in [0.1, 0.15) is 34.0 Å². The molecule has 0 aliphatic carbocycles. The molecule has 0 spiro atoms. The first kappa shape index (κ1) is 18.9. The van der Waals surface area contributed by atoms with E-state index in [4.69, 9.17) is 9.72 Å². The number of fused-ring (bicyclic) bond motifs is 1.